The average Bonchev–Trinajstić information content (AvgIpc) is 2.72. The Bertz CT molecular complexity index is 719. The van der Waals surface area contributed by atoms with Gasteiger partial charge in [-0.15, -0.1) is 0 Å². The molecule has 2 aromatic rings. The molecule has 1 aliphatic heterocycles. The van der Waals surface area contributed by atoms with E-state index in [1.54, 1.807) is 6.20 Å². The van der Waals surface area contributed by atoms with Gasteiger partial charge in [0.1, 0.15) is 5.69 Å². The van der Waals surface area contributed by atoms with Crippen LogP contribution < -0.4 is 4.90 Å². The number of piperidine rings is 1. The van der Waals surface area contributed by atoms with Crippen LogP contribution >= 0.6 is 0 Å². The number of anilines is 1. The normalized spacial score (nSPS) is 17.2. The fourth-order valence-corrected chi connectivity index (χ4v) is 3.59. The number of likely N-dealkylation sites (N-methyl/N-ethyl adjacent to an activating group) is 1. The van der Waals surface area contributed by atoms with Gasteiger partial charge in [0.05, 0.1) is 0 Å². The number of nitrogens with zero attached hydrogens (tertiary/aromatic N) is 4. The van der Waals surface area contributed by atoms with E-state index in [1.807, 2.05) is 41.6 Å². The van der Waals surface area contributed by atoms with E-state index < -0.39 is 0 Å². The molecule has 2 aromatic heterocycles. The largest absolute Gasteiger partial charge is 0.374 e. The third kappa shape index (κ3) is 4.40. The molecule has 0 bridgehead atoms. The van der Waals surface area contributed by atoms with Gasteiger partial charge in [0.15, 0.2) is 0 Å². The van der Waals surface area contributed by atoms with Gasteiger partial charge in [0.2, 0.25) is 0 Å². The predicted octanol–water partition coefficient (Wildman–Crippen LogP) is 3.56. The lowest BCUT2D eigenvalue weighted by Crippen LogP contribution is -2.43. The molecule has 0 aliphatic carbocycles. The summed E-state index contributed by atoms with van der Waals surface area (Å²) in [5, 5.41) is 0. The summed E-state index contributed by atoms with van der Waals surface area (Å²) >= 11 is 0. The van der Waals surface area contributed by atoms with E-state index in [1.165, 1.54) is 12.0 Å². The Morgan fingerprint density at radius 1 is 1.23 bits per heavy atom. The van der Waals surface area contributed by atoms with Crippen molar-refractivity contribution >= 4 is 11.6 Å². The average molecular weight is 352 g/mol. The highest BCUT2D eigenvalue weighted by Gasteiger charge is 2.27. The second-order valence-corrected chi connectivity index (χ2v) is 6.98. The SMILES string of the molecule is CCC1CCCCN1C(=O)c1cc(N(C)CCc2ccncc2)ccn1. The van der Waals surface area contributed by atoms with E-state index >= 15 is 0 Å². The van der Waals surface area contributed by atoms with Gasteiger partial charge in [-0.3, -0.25) is 14.8 Å². The molecule has 138 valence electrons. The van der Waals surface area contributed by atoms with Crippen molar-refractivity contribution in [1.82, 2.24) is 14.9 Å². The zero-order chi connectivity index (χ0) is 18.4. The van der Waals surface area contributed by atoms with Crippen molar-refractivity contribution in [3.63, 3.8) is 0 Å². The van der Waals surface area contributed by atoms with Crippen LogP contribution in [0.4, 0.5) is 5.69 Å². The van der Waals surface area contributed by atoms with Crippen LogP contribution in [0.3, 0.4) is 0 Å². The van der Waals surface area contributed by atoms with E-state index in [0.29, 0.717) is 11.7 Å². The Morgan fingerprint density at radius 2 is 2.04 bits per heavy atom. The van der Waals surface area contributed by atoms with Gasteiger partial charge in [-0.25, -0.2) is 0 Å². The number of pyridine rings is 2. The lowest BCUT2D eigenvalue weighted by molar-refractivity contribution is 0.0602. The monoisotopic (exact) mass is 352 g/mol. The molecule has 1 amide bonds. The van der Waals surface area contributed by atoms with Crippen molar-refractivity contribution in [1.29, 1.82) is 0 Å². The molecule has 1 fully saturated rings. The molecule has 0 aromatic carbocycles. The number of carbonyl (C=O) groups is 1. The smallest absolute Gasteiger partial charge is 0.272 e. The van der Waals surface area contributed by atoms with Gasteiger partial charge in [0, 0.05) is 50.5 Å². The molecule has 0 N–H and O–H groups in total. The highest BCUT2D eigenvalue weighted by molar-refractivity contribution is 5.93. The van der Waals surface area contributed by atoms with Crippen LogP contribution in [0.5, 0.6) is 0 Å². The summed E-state index contributed by atoms with van der Waals surface area (Å²) < 4.78 is 0. The lowest BCUT2D eigenvalue weighted by atomic mass is 9.99. The van der Waals surface area contributed by atoms with Crippen molar-refractivity contribution in [2.24, 2.45) is 0 Å². The van der Waals surface area contributed by atoms with Gasteiger partial charge in [-0.1, -0.05) is 6.92 Å². The number of amides is 1. The molecule has 1 saturated heterocycles. The molecule has 0 saturated carbocycles. The Labute approximate surface area is 156 Å². The molecule has 1 aliphatic rings. The number of rotatable bonds is 6. The Balaban J connectivity index is 1.68. The van der Waals surface area contributed by atoms with E-state index in [0.717, 1.165) is 44.5 Å². The minimum atomic E-state index is 0.0703. The molecule has 5 heteroatoms. The van der Waals surface area contributed by atoms with Crippen molar-refractivity contribution in [2.75, 3.05) is 25.0 Å². The van der Waals surface area contributed by atoms with Crippen LogP contribution in [-0.4, -0.2) is 47.0 Å². The predicted molar refractivity (Wildman–Crippen MR) is 104 cm³/mol. The molecule has 5 nitrogen and oxygen atoms in total. The minimum absolute atomic E-state index is 0.0703. The zero-order valence-electron chi connectivity index (χ0n) is 15.8. The molecule has 3 heterocycles. The first-order chi connectivity index (χ1) is 12.7. The Kier molecular flexibility index (Phi) is 6.21. The van der Waals surface area contributed by atoms with Crippen molar-refractivity contribution < 1.29 is 4.79 Å². The molecule has 1 unspecified atom stereocenters. The molecule has 0 radical (unpaired) electrons. The number of likely N-dealkylation sites (tertiary alicyclic amines) is 1. The van der Waals surface area contributed by atoms with E-state index in [9.17, 15) is 4.79 Å². The van der Waals surface area contributed by atoms with E-state index in [2.05, 4.69) is 28.8 Å². The van der Waals surface area contributed by atoms with Crippen molar-refractivity contribution in [3.05, 3.63) is 54.1 Å². The zero-order valence-corrected chi connectivity index (χ0v) is 15.8. The summed E-state index contributed by atoms with van der Waals surface area (Å²) in [5.41, 5.74) is 2.84. The number of hydrogen-bond donors (Lipinski definition) is 0. The minimum Gasteiger partial charge on any atom is -0.374 e. The van der Waals surface area contributed by atoms with Crippen LogP contribution in [-0.2, 0) is 6.42 Å². The van der Waals surface area contributed by atoms with Crippen LogP contribution in [0.2, 0.25) is 0 Å². The van der Waals surface area contributed by atoms with Crippen LogP contribution in [0.25, 0.3) is 0 Å². The standard InChI is InChI=1S/C21H28N4O/c1-3-18-6-4-5-14-25(18)21(26)20-16-19(9-13-23-20)24(2)15-10-17-7-11-22-12-8-17/h7-9,11-13,16,18H,3-6,10,14-15H2,1-2H3. The Hall–Kier alpha value is -2.43. The fourth-order valence-electron chi connectivity index (χ4n) is 3.59. The van der Waals surface area contributed by atoms with Crippen LogP contribution in [0.1, 0.15) is 48.7 Å². The maximum atomic E-state index is 13.0. The number of aromatic nitrogens is 2. The summed E-state index contributed by atoms with van der Waals surface area (Å²) in [5.74, 6) is 0.0703. The molecule has 0 spiro atoms. The highest BCUT2D eigenvalue weighted by atomic mass is 16.2. The quantitative estimate of drug-likeness (QED) is 0.798. The molecular weight excluding hydrogens is 324 g/mol. The molecule has 26 heavy (non-hydrogen) atoms. The fraction of sp³-hybridized carbons (Fsp3) is 0.476. The molecular formula is C21H28N4O. The number of hydrogen-bond acceptors (Lipinski definition) is 4. The van der Waals surface area contributed by atoms with Crippen LogP contribution in [0.15, 0.2) is 42.9 Å². The molecule has 3 rings (SSSR count). The second kappa shape index (κ2) is 8.79. The summed E-state index contributed by atoms with van der Waals surface area (Å²) in [7, 11) is 2.06. The lowest BCUT2D eigenvalue weighted by Gasteiger charge is -2.35. The third-order valence-corrected chi connectivity index (χ3v) is 5.25. The summed E-state index contributed by atoms with van der Waals surface area (Å²) in [6, 6.07) is 8.33. The highest BCUT2D eigenvalue weighted by Crippen LogP contribution is 2.22. The third-order valence-electron chi connectivity index (χ3n) is 5.25. The summed E-state index contributed by atoms with van der Waals surface area (Å²) in [4.78, 5) is 25.6. The van der Waals surface area contributed by atoms with Gasteiger partial charge in [0.25, 0.3) is 5.91 Å². The van der Waals surface area contributed by atoms with Crippen LogP contribution in [0, 0.1) is 0 Å². The first kappa shape index (κ1) is 18.4. The van der Waals surface area contributed by atoms with Gasteiger partial charge in [-0.2, -0.15) is 0 Å². The van der Waals surface area contributed by atoms with E-state index in [4.69, 9.17) is 0 Å². The summed E-state index contributed by atoms with van der Waals surface area (Å²) in [6.07, 6.45) is 10.7. The van der Waals surface area contributed by atoms with Gasteiger partial charge < -0.3 is 9.80 Å². The van der Waals surface area contributed by atoms with Crippen molar-refractivity contribution in [3.8, 4) is 0 Å². The number of carbonyl (C=O) groups excluding carboxylic acids is 1. The van der Waals surface area contributed by atoms with E-state index in [-0.39, 0.29) is 5.91 Å². The topological polar surface area (TPSA) is 49.3 Å². The van der Waals surface area contributed by atoms with Gasteiger partial charge >= 0.3 is 0 Å². The maximum Gasteiger partial charge on any atom is 0.272 e. The van der Waals surface area contributed by atoms with Gasteiger partial charge in [-0.05, 0) is 61.9 Å². The van der Waals surface area contributed by atoms with Crippen molar-refractivity contribution in [2.45, 2.75) is 45.1 Å². The maximum absolute atomic E-state index is 13.0. The second-order valence-electron chi connectivity index (χ2n) is 6.98. The first-order valence-corrected chi connectivity index (χ1v) is 9.56. The Morgan fingerprint density at radius 3 is 2.81 bits per heavy atom. The summed E-state index contributed by atoms with van der Waals surface area (Å²) in [6.45, 7) is 3.89. The first-order valence-electron chi connectivity index (χ1n) is 9.56. The molecule has 1 atom stereocenters.